The summed E-state index contributed by atoms with van der Waals surface area (Å²) in [5.41, 5.74) is 3.86. The van der Waals surface area contributed by atoms with Crippen molar-refractivity contribution in [3.63, 3.8) is 0 Å². The minimum absolute atomic E-state index is 0.00606. The van der Waals surface area contributed by atoms with Crippen LogP contribution in [-0.4, -0.2) is 21.0 Å². The number of carbonyl (C=O) groups excluding carboxylic acids is 1. The van der Waals surface area contributed by atoms with E-state index >= 15 is 0 Å². The van der Waals surface area contributed by atoms with Gasteiger partial charge in [0.15, 0.2) is 0 Å². The van der Waals surface area contributed by atoms with E-state index < -0.39 is 10.8 Å². The van der Waals surface area contributed by atoms with Crippen molar-refractivity contribution in [2.75, 3.05) is 5.32 Å². The smallest absolute Gasteiger partial charge is 0.322 e. The number of amides is 1. The van der Waals surface area contributed by atoms with Crippen LogP contribution in [0, 0.1) is 24.0 Å². The maximum Gasteiger partial charge on any atom is 0.322 e. The second kappa shape index (κ2) is 8.26. The number of non-ortho nitro benzene ring substituents is 1. The van der Waals surface area contributed by atoms with Gasteiger partial charge >= 0.3 is 6.01 Å². The first-order chi connectivity index (χ1) is 13.4. The van der Waals surface area contributed by atoms with E-state index in [0.29, 0.717) is 17.9 Å². The average molecular weight is 378 g/mol. The topological polar surface area (TPSA) is 111 Å². The number of nitrogens with one attached hydrogen (secondary N) is 1. The summed E-state index contributed by atoms with van der Waals surface area (Å²) in [4.78, 5) is 22.3. The van der Waals surface area contributed by atoms with Gasteiger partial charge in [-0.3, -0.25) is 20.2 Å². The van der Waals surface area contributed by atoms with Crippen molar-refractivity contribution in [1.29, 1.82) is 0 Å². The van der Waals surface area contributed by atoms with Gasteiger partial charge in [0, 0.05) is 18.2 Å². The van der Waals surface area contributed by atoms with Crippen molar-refractivity contribution in [3.8, 4) is 0 Å². The Morgan fingerprint density at radius 3 is 2.79 bits per heavy atom. The quantitative estimate of drug-likeness (QED) is 0.396. The van der Waals surface area contributed by atoms with Crippen molar-refractivity contribution in [2.45, 2.75) is 20.3 Å². The molecule has 0 fully saturated rings. The van der Waals surface area contributed by atoms with E-state index in [4.69, 9.17) is 4.42 Å². The van der Waals surface area contributed by atoms with Gasteiger partial charge in [0.25, 0.3) is 11.6 Å². The zero-order valence-electron chi connectivity index (χ0n) is 15.4. The summed E-state index contributed by atoms with van der Waals surface area (Å²) in [7, 11) is 0. The van der Waals surface area contributed by atoms with Gasteiger partial charge in [-0.2, -0.15) is 0 Å². The number of aryl methyl sites for hydroxylation is 2. The normalized spacial score (nSPS) is 10.9. The maximum absolute atomic E-state index is 12.0. The van der Waals surface area contributed by atoms with Crippen LogP contribution < -0.4 is 5.32 Å². The summed E-state index contributed by atoms with van der Waals surface area (Å²) < 4.78 is 5.47. The molecule has 3 aromatic rings. The fraction of sp³-hybridized carbons (Fsp3) is 0.150. The molecule has 1 amide bonds. The van der Waals surface area contributed by atoms with Crippen molar-refractivity contribution in [3.05, 3.63) is 86.8 Å². The van der Waals surface area contributed by atoms with Crippen LogP contribution in [0.25, 0.3) is 6.08 Å². The molecule has 1 aromatic heterocycles. The second-order valence-corrected chi connectivity index (χ2v) is 6.28. The molecule has 8 nitrogen and oxygen atoms in total. The molecule has 28 heavy (non-hydrogen) atoms. The van der Waals surface area contributed by atoms with Gasteiger partial charge in [-0.15, -0.1) is 5.10 Å². The van der Waals surface area contributed by atoms with Crippen LogP contribution in [0.3, 0.4) is 0 Å². The summed E-state index contributed by atoms with van der Waals surface area (Å²) in [6, 6.07) is 12.1. The van der Waals surface area contributed by atoms with Crippen molar-refractivity contribution >= 4 is 23.7 Å². The van der Waals surface area contributed by atoms with Crippen molar-refractivity contribution in [2.24, 2.45) is 0 Å². The molecule has 0 aliphatic carbocycles. The first kappa shape index (κ1) is 19.0. The lowest BCUT2D eigenvalue weighted by molar-refractivity contribution is -0.384. The third-order valence-electron chi connectivity index (χ3n) is 4.04. The van der Waals surface area contributed by atoms with Gasteiger partial charge in [-0.05, 0) is 36.6 Å². The number of nitro groups is 1. The number of hydrogen-bond donors (Lipinski definition) is 1. The molecular weight excluding hydrogens is 360 g/mol. The molecule has 0 spiro atoms. The average Bonchev–Trinajstić information content (AvgIpc) is 3.09. The van der Waals surface area contributed by atoms with E-state index in [-0.39, 0.29) is 11.7 Å². The molecule has 3 rings (SSSR count). The van der Waals surface area contributed by atoms with Crippen LogP contribution in [0.15, 0.2) is 53.0 Å². The van der Waals surface area contributed by atoms with Gasteiger partial charge in [-0.25, -0.2) is 0 Å². The number of nitro benzene ring substituents is 1. The van der Waals surface area contributed by atoms with Crippen LogP contribution in [0.1, 0.15) is 28.1 Å². The molecule has 0 unspecified atom stereocenters. The molecule has 0 aliphatic heterocycles. The van der Waals surface area contributed by atoms with Crippen LogP contribution in [0.4, 0.5) is 11.7 Å². The molecule has 2 aromatic carbocycles. The number of anilines is 1. The first-order valence-corrected chi connectivity index (χ1v) is 8.53. The predicted molar refractivity (Wildman–Crippen MR) is 104 cm³/mol. The fourth-order valence-electron chi connectivity index (χ4n) is 2.64. The Balaban J connectivity index is 1.62. The number of benzene rings is 2. The van der Waals surface area contributed by atoms with Crippen LogP contribution in [0.2, 0.25) is 0 Å². The number of carbonyl (C=O) groups is 1. The highest BCUT2D eigenvalue weighted by atomic mass is 16.6. The van der Waals surface area contributed by atoms with E-state index in [1.165, 1.54) is 29.8 Å². The Kier molecular flexibility index (Phi) is 5.59. The summed E-state index contributed by atoms with van der Waals surface area (Å²) in [6.45, 7) is 4.04. The molecule has 0 saturated carbocycles. The second-order valence-electron chi connectivity index (χ2n) is 6.28. The Morgan fingerprint density at radius 1 is 1.21 bits per heavy atom. The summed E-state index contributed by atoms with van der Waals surface area (Å²) in [6.07, 6.45) is 3.18. The molecule has 1 N–H and O–H groups in total. The largest absolute Gasteiger partial charge is 0.407 e. The van der Waals surface area contributed by atoms with Gasteiger partial charge in [0.05, 0.1) is 11.3 Å². The lowest BCUT2D eigenvalue weighted by Crippen LogP contribution is -2.07. The zero-order chi connectivity index (χ0) is 20.1. The zero-order valence-corrected chi connectivity index (χ0v) is 15.4. The minimum Gasteiger partial charge on any atom is -0.407 e. The van der Waals surface area contributed by atoms with Crippen LogP contribution in [0.5, 0.6) is 0 Å². The monoisotopic (exact) mass is 378 g/mol. The van der Waals surface area contributed by atoms with E-state index in [0.717, 1.165) is 11.1 Å². The highest BCUT2D eigenvalue weighted by Crippen LogP contribution is 2.17. The number of rotatable bonds is 6. The van der Waals surface area contributed by atoms with E-state index in [1.807, 2.05) is 26.0 Å². The molecule has 0 atom stereocenters. The third kappa shape index (κ3) is 4.88. The Labute approximate surface area is 161 Å². The summed E-state index contributed by atoms with van der Waals surface area (Å²) >= 11 is 0. The SMILES string of the molecule is Cc1ccc(Cc2nnc(NC(=O)/C=C/c3cccc([N+](=O)[O-])c3)o2)c(C)c1. The fourth-order valence-corrected chi connectivity index (χ4v) is 2.64. The molecule has 0 saturated heterocycles. The molecule has 0 bridgehead atoms. The Bertz CT molecular complexity index is 1060. The Hall–Kier alpha value is -3.81. The van der Waals surface area contributed by atoms with E-state index in [1.54, 1.807) is 12.1 Å². The maximum atomic E-state index is 12.0. The molecule has 0 aliphatic rings. The van der Waals surface area contributed by atoms with E-state index in [2.05, 4.69) is 21.6 Å². The first-order valence-electron chi connectivity index (χ1n) is 8.53. The van der Waals surface area contributed by atoms with Crippen molar-refractivity contribution in [1.82, 2.24) is 10.2 Å². The highest BCUT2D eigenvalue weighted by molar-refractivity contribution is 6.00. The number of aromatic nitrogens is 2. The minimum atomic E-state index is -0.493. The van der Waals surface area contributed by atoms with Crippen LogP contribution in [-0.2, 0) is 11.2 Å². The van der Waals surface area contributed by atoms with Gasteiger partial charge in [0.2, 0.25) is 5.89 Å². The van der Waals surface area contributed by atoms with E-state index in [9.17, 15) is 14.9 Å². The van der Waals surface area contributed by atoms with Gasteiger partial charge < -0.3 is 4.42 Å². The number of nitrogens with zero attached hydrogens (tertiary/aromatic N) is 3. The predicted octanol–water partition coefficient (Wildman–Crippen LogP) is 3.84. The number of hydrogen-bond acceptors (Lipinski definition) is 6. The summed E-state index contributed by atoms with van der Waals surface area (Å²) in [5, 5.41) is 21.0. The standard InChI is InChI=1S/C20H18N4O4/c1-13-6-8-16(14(2)10-13)12-19-22-23-20(28-19)21-18(25)9-7-15-4-3-5-17(11-15)24(26)27/h3-11H,12H2,1-2H3,(H,21,23,25)/b9-7+. The summed E-state index contributed by atoms with van der Waals surface area (Å²) in [5.74, 6) is -0.0851. The molecule has 0 radical (unpaired) electrons. The third-order valence-corrected chi connectivity index (χ3v) is 4.04. The Morgan fingerprint density at radius 2 is 2.04 bits per heavy atom. The lowest BCUT2D eigenvalue weighted by Gasteiger charge is -2.03. The molecule has 1 heterocycles. The van der Waals surface area contributed by atoms with Crippen LogP contribution >= 0.6 is 0 Å². The highest BCUT2D eigenvalue weighted by Gasteiger charge is 2.10. The van der Waals surface area contributed by atoms with Gasteiger partial charge in [0.1, 0.15) is 0 Å². The lowest BCUT2D eigenvalue weighted by atomic mass is 10.0. The van der Waals surface area contributed by atoms with Crippen molar-refractivity contribution < 1.29 is 14.1 Å². The molecular formula is C20H18N4O4. The molecule has 142 valence electrons. The van der Waals surface area contributed by atoms with Gasteiger partial charge in [-0.1, -0.05) is 41.0 Å². The molecule has 8 heteroatoms.